The topological polar surface area (TPSA) is 98.5 Å². The molecule has 0 aliphatic heterocycles. The summed E-state index contributed by atoms with van der Waals surface area (Å²) in [5.41, 5.74) is 0.156. The average molecular weight is 349 g/mol. The van der Waals surface area contributed by atoms with Crippen molar-refractivity contribution in [2.24, 2.45) is 0 Å². The van der Waals surface area contributed by atoms with Crippen LogP contribution < -0.4 is 5.32 Å². The Balaban J connectivity index is 1.91. The number of amides is 1. The summed E-state index contributed by atoms with van der Waals surface area (Å²) < 4.78 is 4.81. The van der Waals surface area contributed by atoms with Gasteiger partial charge in [-0.1, -0.05) is 41.9 Å². The monoisotopic (exact) mass is 348 g/mol. The van der Waals surface area contributed by atoms with Crippen molar-refractivity contribution in [3.8, 4) is 0 Å². The number of nitro benzene ring substituents is 1. The summed E-state index contributed by atoms with van der Waals surface area (Å²) in [5, 5.41) is 13.6. The number of esters is 1. The van der Waals surface area contributed by atoms with Crippen molar-refractivity contribution in [1.82, 2.24) is 5.32 Å². The molecular formula is C16H13ClN2O5. The molecule has 0 heterocycles. The minimum Gasteiger partial charge on any atom is -0.452 e. The lowest BCUT2D eigenvalue weighted by atomic mass is 10.2. The molecule has 0 radical (unpaired) electrons. The SMILES string of the molecule is O=C(COC(=O)c1ccc(Cl)cc1[N+](=O)[O-])NCc1ccccc1. The Labute approximate surface area is 142 Å². The van der Waals surface area contributed by atoms with Gasteiger partial charge in [0.2, 0.25) is 0 Å². The normalized spacial score (nSPS) is 10.0. The third-order valence-corrected chi connectivity index (χ3v) is 3.28. The van der Waals surface area contributed by atoms with Crippen molar-refractivity contribution in [3.05, 3.63) is 74.8 Å². The highest BCUT2D eigenvalue weighted by Crippen LogP contribution is 2.23. The molecule has 124 valence electrons. The first kappa shape index (κ1) is 17.4. The zero-order valence-corrected chi connectivity index (χ0v) is 13.2. The molecule has 0 atom stereocenters. The van der Waals surface area contributed by atoms with Gasteiger partial charge >= 0.3 is 5.97 Å². The van der Waals surface area contributed by atoms with E-state index >= 15 is 0 Å². The van der Waals surface area contributed by atoms with Crippen molar-refractivity contribution >= 4 is 29.2 Å². The number of halogens is 1. The van der Waals surface area contributed by atoms with Crippen molar-refractivity contribution in [3.63, 3.8) is 0 Å². The summed E-state index contributed by atoms with van der Waals surface area (Å²) in [6, 6.07) is 12.8. The molecule has 0 aliphatic rings. The van der Waals surface area contributed by atoms with Crippen molar-refractivity contribution in [2.75, 3.05) is 6.61 Å². The standard InChI is InChI=1S/C16H13ClN2O5/c17-12-6-7-13(14(8-12)19(22)23)16(21)24-10-15(20)18-9-11-4-2-1-3-5-11/h1-8H,9-10H2,(H,18,20). The summed E-state index contributed by atoms with van der Waals surface area (Å²) in [5.74, 6) is -1.47. The number of carbonyl (C=O) groups excluding carboxylic acids is 2. The van der Waals surface area contributed by atoms with Crippen LogP contribution in [0.1, 0.15) is 15.9 Å². The molecule has 0 spiro atoms. The Bertz CT molecular complexity index is 764. The van der Waals surface area contributed by atoms with E-state index in [0.29, 0.717) is 0 Å². The van der Waals surface area contributed by atoms with Gasteiger partial charge in [0.25, 0.3) is 11.6 Å². The van der Waals surface area contributed by atoms with E-state index in [4.69, 9.17) is 16.3 Å². The number of benzene rings is 2. The molecule has 1 N–H and O–H groups in total. The second-order valence-corrected chi connectivity index (χ2v) is 5.19. The Kier molecular flexibility index (Phi) is 5.86. The third-order valence-electron chi connectivity index (χ3n) is 3.04. The van der Waals surface area contributed by atoms with Gasteiger partial charge in [0.1, 0.15) is 5.56 Å². The molecule has 2 aromatic carbocycles. The zero-order valence-electron chi connectivity index (χ0n) is 12.4. The predicted octanol–water partition coefficient (Wildman–Crippen LogP) is 2.72. The van der Waals surface area contributed by atoms with Gasteiger partial charge in [-0.2, -0.15) is 0 Å². The van der Waals surface area contributed by atoms with E-state index in [-0.39, 0.29) is 17.1 Å². The van der Waals surface area contributed by atoms with Crippen LogP contribution in [0.2, 0.25) is 5.02 Å². The first-order valence-electron chi connectivity index (χ1n) is 6.89. The molecule has 0 fully saturated rings. The highest BCUT2D eigenvalue weighted by molar-refractivity contribution is 6.31. The number of nitrogens with one attached hydrogen (secondary N) is 1. The molecule has 0 bridgehead atoms. The molecule has 1 amide bonds. The lowest BCUT2D eigenvalue weighted by Gasteiger charge is -2.07. The number of hydrogen-bond acceptors (Lipinski definition) is 5. The number of hydrogen-bond donors (Lipinski definition) is 1. The van der Waals surface area contributed by atoms with Crippen LogP contribution in [0, 0.1) is 10.1 Å². The number of rotatable bonds is 6. The maximum Gasteiger partial charge on any atom is 0.345 e. The fraction of sp³-hybridized carbons (Fsp3) is 0.125. The van der Waals surface area contributed by atoms with Gasteiger partial charge in [-0.3, -0.25) is 14.9 Å². The van der Waals surface area contributed by atoms with Crippen LogP contribution in [0.5, 0.6) is 0 Å². The molecule has 0 aliphatic carbocycles. The summed E-state index contributed by atoms with van der Waals surface area (Å²) in [7, 11) is 0. The molecule has 0 aromatic heterocycles. The Morgan fingerprint density at radius 2 is 1.88 bits per heavy atom. The quantitative estimate of drug-likeness (QED) is 0.491. The lowest BCUT2D eigenvalue weighted by molar-refractivity contribution is -0.385. The van der Waals surface area contributed by atoms with Crippen LogP contribution in [0.15, 0.2) is 48.5 Å². The Morgan fingerprint density at radius 1 is 1.17 bits per heavy atom. The summed E-state index contributed by atoms with van der Waals surface area (Å²) in [4.78, 5) is 33.8. The zero-order chi connectivity index (χ0) is 17.5. The van der Waals surface area contributed by atoms with Crippen molar-refractivity contribution in [2.45, 2.75) is 6.54 Å². The largest absolute Gasteiger partial charge is 0.452 e. The highest BCUT2D eigenvalue weighted by atomic mass is 35.5. The molecule has 0 saturated heterocycles. The van der Waals surface area contributed by atoms with Crippen LogP contribution >= 0.6 is 11.6 Å². The molecule has 2 aromatic rings. The maximum atomic E-state index is 11.9. The van der Waals surface area contributed by atoms with E-state index < -0.39 is 29.1 Å². The minimum absolute atomic E-state index is 0.124. The van der Waals surface area contributed by atoms with Crippen LogP contribution in [-0.2, 0) is 16.1 Å². The maximum absolute atomic E-state index is 11.9. The fourth-order valence-electron chi connectivity index (χ4n) is 1.88. The first-order chi connectivity index (χ1) is 11.5. The summed E-state index contributed by atoms with van der Waals surface area (Å²) >= 11 is 5.67. The molecule has 8 heteroatoms. The van der Waals surface area contributed by atoms with Gasteiger partial charge in [-0.25, -0.2) is 4.79 Å². The molecule has 24 heavy (non-hydrogen) atoms. The van der Waals surface area contributed by atoms with Gasteiger partial charge < -0.3 is 10.1 Å². The summed E-state index contributed by atoms with van der Waals surface area (Å²) in [6.45, 7) is -0.246. The van der Waals surface area contributed by atoms with Crippen LogP contribution in [-0.4, -0.2) is 23.4 Å². The second-order valence-electron chi connectivity index (χ2n) is 4.76. The van der Waals surface area contributed by atoms with Crippen LogP contribution in [0.4, 0.5) is 5.69 Å². The molecule has 2 rings (SSSR count). The van der Waals surface area contributed by atoms with Gasteiger partial charge in [-0.15, -0.1) is 0 Å². The minimum atomic E-state index is -0.965. The van der Waals surface area contributed by atoms with Gasteiger partial charge in [0, 0.05) is 17.6 Å². The van der Waals surface area contributed by atoms with Crippen LogP contribution in [0.25, 0.3) is 0 Å². The van der Waals surface area contributed by atoms with Gasteiger partial charge in [0.05, 0.1) is 4.92 Å². The molecule has 7 nitrogen and oxygen atoms in total. The van der Waals surface area contributed by atoms with E-state index in [1.807, 2.05) is 30.3 Å². The first-order valence-corrected chi connectivity index (χ1v) is 7.27. The third kappa shape index (κ3) is 4.79. The lowest BCUT2D eigenvalue weighted by Crippen LogP contribution is -2.28. The smallest absolute Gasteiger partial charge is 0.345 e. The predicted molar refractivity (Wildman–Crippen MR) is 86.7 cm³/mol. The number of nitro groups is 1. The summed E-state index contributed by atoms with van der Waals surface area (Å²) in [6.07, 6.45) is 0. The molecule has 0 unspecified atom stereocenters. The second kappa shape index (κ2) is 8.07. The fourth-order valence-corrected chi connectivity index (χ4v) is 2.05. The van der Waals surface area contributed by atoms with Crippen LogP contribution in [0.3, 0.4) is 0 Å². The average Bonchev–Trinajstić information content (AvgIpc) is 2.58. The number of nitrogens with zero attached hydrogens (tertiary/aromatic N) is 1. The van der Waals surface area contributed by atoms with E-state index in [0.717, 1.165) is 11.6 Å². The number of carbonyl (C=O) groups is 2. The van der Waals surface area contributed by atoms with E-state index in [9.17, 15) is 19.7 Å². The van der Waals surface area contributed by atoms with E-state index in [1.165, 1.54) is 12.1 Å². The number of ether oxygens (including phenoxy) is 1. The molecular weight excluding hydrogens is 336 g/mol. The van der Waals surface area contributed by atoms with E-state index in [2.05, 4.69) is 5.32 Å². The van der Waals surface area contributed by atoms with Crippen molar-refractivity contribution in [1.29, 1.82) is 0 Å². The highest BCUT2D eigenvalue weighted by Gasteiger charge is 2.22. The van der Waals surface area contributed by atoms with Crippen molar-refractivity contribution < 1.29 is 19.2 Å². The van der Waals surface area contributed by atoms with Gasteiger partial charge in [-0.05, 0) is 17.7 Å². The Hall–Kier alpha value is -2.93. The Morgan fingerprint density at radius 3 is 2.54 bits per heavy atom. The van der Waals surface area contributed by atoms with E-state index in [1.54, 1.807) is 0 Å². The van der Waals surface area contributed by atoms with Gasteiger partial charge in [0.15, 0.2) is 6.61 Å². The molecule has 0 saturated carbocycles.